The van der Waals surface area contributed by atoms with E-state index in [4.69, 9.17) is 30.5 Å². The molecule has 242 valence electrons. The number of hydrogen-bond donors (Lipinski definition) is 1. The number of ether oxygens (including phenoxy) is 4. The van der Waals surface area contributed by atoms with Gasteiger partial charge in [-0.05, 0) is 30.3 Å². The summed E-state index contributed by atoms with van der Waals surface area (Å²) >= 11 is 6.61. The maximum atomic E-state index is 13.4. The number of anilines is 2. The van der Waals surface area contributed by atoms with Gasteiger partial charge in [0.2, 0.25) is 0 Å². The third kappa shape index (κ3) is 6.89. The summed E-state index contributed by atoms with van der Waals surface area (Å²) in [5, 5.41) is 8.46. The van der Waals surface area contributed by atoms with E-state index in [2.05, 4.69) is 36.8 Å². The lowest BCUT2D eigenvalue weighted by atomic mass is 10.1. The molecule has 5 heterocycles. The highest BCUT2D eigenvalue weighted by Crippen LogP contribution is 2.38. The predicted molar refractivity (Wildman–Crippen MR) is 171 cm³/mol. The molecule has 13 nitrogen and oxygen atoms in total. The molecule has 3 aromatic heterocycles. The summed E-state index contributed by atoms with van der Waals surface area (Å²) in [5.41, 5.74) is 1.95. The summed E-state index contributed by atoms with van der Waals surface area (Å²) in [5.74, 6) is 0.773. The van der Waals surface area contributed by atoms with Crippen molar-refractivity contribution in [1.29, 1.82) is 0 Å². The topological polar surface area (TPSA) is 128 Å². The number of halogens is 2. The SMILES string of the molecule is C=C(F)C(=O)N1CC(Oc2cc3c(Nc4ccc(Oc5ccn6ncnc6c5)c(Cl)c4)ncnc3cc2OCCN2CCOCC2)C1. The van der Waals surface area contributed by atoms with Gasteiger partial charge < -0.3 is 29.2 Å². The Kier molecular flexibility index (Phi) is 8.70. The van der Waals surface area contributed by atoms with Crippen molar-refractivity contribution in [2.24, 2.45) is 0 Å². The van der Waals surface area contributed by atoms with Gasteiger partial charge in [0.05, 0.1) is 36.8 Å². The third-order valence-electron chi connectivity index (χ3n) is 7.81. The van der Waals surface area contributed by atoms with Crippen LogP contribution in [0.1, 0.15) is 0 Å². The fourth-order valence-electron chi connectivity index (χ4n) is 5.29. The van der Waals surface area contributed by atoms with Crippen LogP contribution in [0.5, 0.6) is 23.0 Å². The second kappa shape index (κ2) is 13.4. The maximum absolute atomic E-state index is 13.4. The standard InChI is InChI=1S/C32H30ClFN8O5/c1-20(34)32(43)41-16-23(17-41)47-29-14-24-26(15-28(29)45-11-8-40-6-9-44-10-7-40)35-18-37-31(24)39-21-2-3-27(25(33)12-21)46-22-4-5-42-30(13-22)36-19-38-42/h2-5,12-15,18-19,23H,1,6-11,16-17H2,(H,35,37,39). The number of nitrogens with zero attached hydrogens (tertiary/aromatic N) is 7. The molecule has 47 heavy (non-hydrogen) atoms. The van der Waals surface area contributed by atoms with Crippen LogP contribution in [0.15, 0.2) is 73.7 Å². The van der Waals surface area contributed by atoms with E-state index in [1.807, 2.05) is 6.07 Å². The first-order valence-electron chi connectivity index (χ1n) is 15.0. The first kappa shape index (κ1) is 30.6. The van der Waals surface area contributed by atoms with Crippen LogP contribution in [0.2, 0.25) is 5.02 Å². The largest absolute Gasteiger partial charge is 0.488 e. The monoisotopic (exact) mass is 660 g/mol. The number of hydrogen-bond acceptors (Lipinski definition) is 11. The van der Waals surface area contributed by atoms with E-state index in [0.29, 0.717) is 75.9 Å². The summed E-state index contributed by atoms with van der Waals surface area (Å²) in [6.07, 6.45) is 4.33. The van der Waals surface area contributed by atoms with E-state index < -0.39 is 11.7 Å². The molecule has 15 heteroatoms. The molecule has 0 unspecified atom stereocenters. The molecular weight excluding hydrogens is 631 g/mol. The summed E-state index contributed by atoms with van der Waals surface area (Å²) in [6, 6.07) is 12.5. The van der Waals surface area contributed by atoms with Crippen LogP contribution in [-0.4, -0.2) is 98.9 Å². The van der Waals surface area contributed by atoms with Crippen molar-refractivity contribution < 1.29 is 28.1 Å². The molecule has 0 radical (unpaired) electrons. The molecule has 0 spiro atoms. The maximum Gasteiger partial charge on any atom is 0.282 e. The van der Waals surface area contributed by atoms with Crippen LogP contribution in [0.25, 0.3) is 16.6 Å². The van der Waals surface area contributed by atoms with E-state index in [1.165, 1.54) is 17.6 Å². The lowest BCUT2D eigenvalue weighted by Crippen LogP contribution is -2.56. The molecule has 1 amide bonds. The van der Waals surface area contributed by atoms with E-state index in [1.54, 1.807) is 47.1 Å². The zero-order chi connectivity index (χ0) is 32.3. The van der Waals surface area contributed by atoms with E-state index in [9.17, 15) is 9.18 Å². The number of carbonyl (C=O) groups is 1. The Labute approximate surface area is 273 Å². The van der Waals surface area contributed by atoms with Crippen molar-refractivity contribution in [3.8, 4) is 23.0 Å². The molecule has 0 atom stereocenters. The Balaban J connectivity index is 1.10. The minimum atomic E-state index is -0.998. The molecule has 2 aromatic carbocycles. The molecular formula is C32H30ClFN8O5. The average molecular weight is 661 g/mol. The summed E-state index contributed by atoms with van der Waals surface area (Å²) in [6.45, 7) is 7.77. The predicted octanol–water partition coefficient (Wildman–Crippen LogP) is 4.65. The Hall–Kier alpha value is -5.05. The van der Waals surface area contributed by atoms with Crippen LogP contribution >= 0.6 is 11.6 Å². The second-order valence-corrected chi connectivity index (χ2v) is 11.4. The molecule has 7 rings (SSSR count). The quantitative estimate of drug-likeness (QED) is 0.199. The molecule has 2 fully saturated rings. The molecule has 0 aliphatic carbocycles. The van der Waals surface area contributed by atoms with Gasteiger partial charge in [-0.25, -0.2) is 23.9 Å². The fraction of sp³-hybridized carbons (Fsp3) is 0.281. The number of nitrogens with one attached hydrogen (secondary N) is 1. The Morgan fingerprint density at radius 3 is 2.70 bits per heavy atom. The number of fused-ring (bicyclic) bond motifs is 2. The van der Waals surface area contributed by atoms with Crippen molar-refractivity contribution in [2.75, 3.05) is 57.9 Å². The fourth-order valence-corrected chi connectivity index (χ4v) is 5.51. The number of likely N-dealkylation sites (tertiary alicyclic amines) is 1. The van der Waals surface area contributed by atoms with Gasteiger partial charge in [0.15, 0.2) is 23.0 Å². The Bertz CT molecular complexity index is 1950. The van der Waals surface area contributed by atoms with Crippen molar-refractivity contribution in [3.05, 3.63) is 78.7 Å². The van der Waals surface area contributed by atoms with Gasteiger partial charge in [0, 0.05) is 49.0 Å². The summed E-state index contributed by atoms with van der Waals surface area (Å²) in [4.78, 5) is 28.7. The number of aromatic nitrogens is 5. The van der Waals surface area contributed by atoms with Crippen LogP contribution in [-0.2, 0) is 9.53 Å². The normalized spacial score (nSPS) is 15.4. The van der Waals surface area contributed by atoms with Crippen LogP contribution in [0.4, 0.5) is 15.9 Å². The minimum absolute atomic E-state index is 0.225. The van der Waals surface area contributed by atoms with Crippen LogP contribution < -0.4 is 19.5 Å². The van der Waals surface area contributed by atoms with Gasteiger partial charge in [-0.1, -0.05) is 18.2 Å². The molecule has 0 bridgehead atoms. The van der Waals surface area contributed by atoms with E-state index >= 15 is 0 Å². The molecule has 2 saturated heterocycles. The first-order chi connectivity index (χ1) is 22.9. The number of carbonyl (C=O) groups excluding carboxylic acids is 1. The number of rotatable bonds is 11. The summed E-state index contributed by atoms with van der Waals surface area (Å²) in [7, 11) is 0. The number of benzene rings is 2. The first-order valence-corrected chi connectivity index (χ1v) is 15.3. The lowest BCUT2D eigenvalue weighted by molar-refractivity contribution is -0.137. The Morgan fingerprint density at radius 1 is 1.04 bits per heavy atom. The van der Waals surface area contributed by atoms with Gasteiger partial charge in [-0.15, -0.1) is 0 Å². The van der Waals surface area contributed by atoms with Gasteiger partial charge in [0.1, 0.15) is 42.7 Å². The molecule has 2 aliphatic heterocycles. The molecule has 2 aliphatic rings. The summed E-state index contributed by atoms with van der Waals surface area (Å²) < 4.78 is 38.9. The van der Waals surface area contributed by atoms with Gasteiger partial charge >= 0.3 is 0 Å². The minimum Gasteiger partial charge on any atom is -0.488 e. The zero-order valence-electron chi connectivity index (χ0n) is 25.1. The second-order valence-electron chi connectivity index (χ2n) is 11.0. The molecule has 5 aromatic rings. The zero-order valence-corrected chi connectivity index (χ0v) is 25.9. The van der Waals surface area contributed by atoms with Gasteiger partial charge in [-0.3, -0.25) is 9.69 Å². The van der Waals surface area contributed by atoms with Crippen molar-refractivity contribution >= 4 is 45.6 Å². The number of morpholine rings is 1. The highest BCUT2D eigenvalue weighted by molar-refractivity contribution is 6.32. The molecule has 0 saturated carbocycles. The van der Waals surface area contributed by atoms with Crippen molar-refractivity contribution in [3.63, 3.8) is 0 Å². The van der Waals surface area contributed by atoms with Crippen molar-refractivity contribution in [1.82, 2.24) is 34.4 Å². The average Bonchev–Trinajstić information content (AvgIpc) is 3.52. The third-order valence-corrected chi connectivity index (χ3v) is 8.10. The molecule has 1 N–H and O–H groups in total. The van der Waals surface area contributed by atoms with Gasteiger partial charge in [-0.2, -0.15) is 5.10 Å². The van der Waals surface area contributed by atoms with Gasteiger partial charge in [0.25, 0.3) is 5.91 Å². The van der Waals surface area contributed by atoms with E-state index in [0.717, 1.165) is 19.6 Å². The highest BCUT2D eigenvalue weighted by atomic mass is 35.5. The highest BCUT2D eigenvalue weighted by Gasteiger charge is 2.34. The number of amides is 1. The Morgan fingerprint density at radius 2 is 1.89 bits per heavy atom. The van der Waals surface area contributed by atoms with Crippen LogP contribution in [0.3, 0.4) is 0 Å². The van der Waals surface area contributed by atoms with Crippen molar-refractivity contribution in [2.45, 2.75) is 6.10 Å². The van der Waals surface area contributed by atoms with E-state index in [-0.39, 0.29) is 19.2 Å². The smallest absolute Gasteiger partial charge is 0.282 e. The number of pyridine rings is 1. The van der Waals surface area contributed by atoms with Crippen LogP contribution in [0, 0.1) is 0 Å². The lowest BCUT2D eigenvalue weighted by Gasteiger charge is -2.38.